The Morgan fingerprint density at radius 1 is 1.05 bits per heavy atom. The molecule has 6 heteroatoms. The molecule has 0 aliphatic rings. The van der Waals surface area contributed by atoms with E-state index in [0.29, 0.717) is 5.13 Å². The Bertz CT molecular complexity index is 808. The molecule has 0 saturated carbocycles. The minimum Gasteiger partial charge on any atom is -0.227 e. The molecule has 0 saturated heterocycles. The van der Waals surface area contributed by atoms with E-state index in [1.807, 2.05) is 47.8 Å². The van der Waals surface area contributed by atoms with Crippen molar-refractivity contribution in [2.45, 2.75) is 0 Å². The number of benzene rings is 2. The highest BCUT2D eigenvalue weighted by atomic mass is 79.9. The third kappa shape index (κ3) is 3.66. The van der Waals surface area contributed by atoms with Gasteiger partial charge in [0.2, 0.25) is 5.13 Å². The van der Waals surface area contributed by atoms with E-state index in [9.17, 15) is 0 Å². The van der Waals surface area contributed by atoms with E-state index in [1.165, 1.54) is 11.3 Å². The van der Waals surface area contributed by atoms with Gasteiger partial charge >= 0.3 is 0 Å². The van der Waals surface area contributed by atoms with Gasteiger partial charge in [0.25, 0.3) is 0 Å². The molecular weight excluding hydrogens is 448 g/mol. The van der Waals surface area contributed by atoms with E-state index in [0.717, 1.165) is 30.8 Å². The predicted octanol–water partition coefficient (Wildman–Crippen LogP) is 6.74. The van der Waals surface area contributed by atoms with Crippen molar-refractivity contribution in [1.29, 1.82) is 0 Å². The van der Waals surface area contributed by atoms with Crippen LogP contribution in [0.2, 0.25) is 5.02 Å². The molecule has 2 aromatic carbocycles. The zero-order valence-corrected chi connectivity index (χ0v) is 15.9. The van der Waals surface area contributed by atoms with Crippen LogP contribution in [0.1, 0.15) is 5.56 Å². The van der Waals surface area contributed by atoms with E-state index in [4.69, 9.17) is 11.6 Å². The highest BCUT2D eigenvalue weighted by Crippen LogP contribution is 2.29. The second kappa shape index (κ2) is 7.04. The molecule has 1 heterocycles. The molecule has 22 heavy (non-hydrogen) atoms. The second-order valence-electron chi connectivity index (χ2n) is 4.42. The Morgan fingerprint density at radius 3 is 2.41 bits per heavy atom. The van der Waals surface area contributed by atoms with Gasteiger partial charge in [0.1, 0.15) is 0 Å². The molecule has 2 nitrogen and oxygen atoms in total. The van der Waals surface area contributed by atoms with Gasteiger partial charge in [-0.05, 0) is 24.3 Å². The molecule has 0 atom stereocenters. The molecule has 0 aliphatic carbocycles. The number of hydrogen-bond donors (Lipinski definition) is 0. The van der Waals surface area contributed by atoms with E-state index in [1.54, 1.807) is 6.21 Å². The lowest BCUT2D eigenvalue weighted by atomic mass is 10.2. The third-order valence-electron chi connectivity index (χ3n) is 2.94. The Balaban J connectivity index is 1.85. The van der Waals surface area contributed by atoms with Gasteiger partial charge in [-0.3, -0.25) is 0 Å². The molecule has 3 rings (SSSR count). The number of halogens is 3. The normalized spacial score (nSPS) is 11.2. The quantitative estimate of drug-likeness (QED) is 0.401. The number of rotatable bonds is 3. The van der Waals surface area contributed by atoms with E-state index in [-0.39, 0.29) is 0 Å². The Morgan fingerprint density at radius 2 is 1.73 bits per heavy atom. The average molecular weight is 457 g/mol. The molecule has 0 aliphatic heterocycles. The Hall–Kier alpha value is -1.01. The maximum Gasteiger partial charge on any atom is 0.209 e. The first-order valence-electron chi connectivity index (χ1n) is 6.33. The Kier molecular flexibility index (Phi) is 5.08. The Labute approximate surface area is 154 Å². The lowest BCUT2D eigenvalue weighted by Crippen LogP contribution is -1.84. The van der Waals surface area contributed by atoms with Crippen molar-refractivity contribution < 1.29 is 0 Å². The summed E-state index contributed by atoms with van der Waals surface area (Å²) < 4.78 is 1.97. The van der Waals surface area contributed by atoms with Crippen LogP contribution in [0.5, 0.6) is 0 Å². The lowest BCUT2D eigenvalue weighted by Gasteiger charge is -1.99. The molecule has 0 spiro atoms. The zero-order chi connectivity index (χ0) is 15.5. The summed E-state index contributed by atoms with van der Waals surface area (Å²) in [7, 11) is 0. The summed E-state index contributed by atoms with van der Waals surface area (Å²) >= 11 is 14.4. The fraction of sp³-hybridized carbons (Fsp3) is 0. The third-order valence-corrected chi connectivity index (χ3v) is 5.32. The van der Waals surface area contributed by atoms with Crippen molar-refractivity contribution >= 4 is 66.1 Å². The molecule has 0 radical (unpaired) electrons. The number of aromatic nitrogens is 1. The summed E-state index contributed by atoms with van der Waals surface area (Å²) in [6, 6.07) is 13.5. The van der Waals surface area contributed by atoms with Crippen LogP contribution in [0.25, 0.3) is 11.3 Å². The molecule has 0 bridgehead atoms. The highest BCUT2D eigenvalue weighted by molar-refractivity contribution is 9.11. The van der Waals surface area contributed by atoms with Crippen LogP contribution >= 0.6 is 54.8 Å². The van der Waals surface area contributed by atoms with Gasteiger partial charge in [-0.25, -0.2) is 9.98 Å². The van der Waals surface area contributed by atoms with Crippen LogP contribution in [0.3, 0.4) is 0 Å². The largest absolute Gasteiger partial charge is 0.227 e. The van der Waals surface area contributed by atoms with Crippen LogP contribution in [0, 0.1) is 0 Å². The van der Waals surface area contributed by atoms with Crippen molar-refractivity contribution in [2.75, 3.05) is 0 Å². The summed E-state index contributed by atoms with van der Waals surface area (Å²) in [4.78, 5) is 8.99. The van der Waals surface area contributed by atoms with Crippen LogP contribution in [0.4, 0.5) is 5.13 Å². The summed E-state index contributed by atoms with van der Waals surface area (Å²) in [6.07, 6.45) is 1.80. The fourth-order valence-electron chi connectivity index (χ4n) is 1.83. The van der Waals surface area contributed by atoms with Crippen molar-refractivity contribution in [3.63, 3.8) is 0 Å². The van der Waals surface area contributed by atoms with E-state index < -0.39 is 0 Å². The van der Waals surface area contributed by atoms with Crippen LogP contribution in [-0.4, -0.2) is 11.2 Å². The second-order valence-corrected chi connectivity index (χ2v) is 7.40. The molecule has 110 valence electrons. The predicted molar refractivity (Wildman–Crippen MR) is 102 cm³/mol. The minimum absolute atomic E-state index is 0.715. The van der Waals surface area contributed by atoms with Crippen molar-refractivity contribution in [3.8, 4) is 11.3 Å². The molecule has 0 fully saturated rings. The average Bonchev–Trinajstić information content (AvgIpc) is 2.96. The summed E-state index contributed by atoms with van der Waals surface area (Å²) in [5.74, 6) is 0. The number of hydrogen-bond acceptors (Lipinski definition) is 3. The number of aliphatic imine (C=N–C) groups is 1. The first-order valence-corrected chi connectivity index (χ1v) is 9.17. The summed E-state index contributed by atoms with van der Waals surface area (Å²) in [6.45, 7) is 0. The molecule has 1 aromatic heterocycles. The van der Waals surface area contributed by atoms with Gasteiger partial charge in [-0.1, -0.05) is 61.7 Å². The van der Waals surface area contributed by atoms with Crippen molar-refractivity contribution in [1.82, 2.24) is 4.98 Å². The van der Waals surface area contributed by atoms with Gasteiger partial charge in [0.15, 0.2) is 0 Å². The SMILES string of the molecule is Clc1ccc(-c2csc(/N=C/c3c(Br)cccc3Br)n2)cc1. The summed E-state index contributed by atoms with van der Waals surface area (Å²) in [5.41, 5.74) is 2.93. The van der Waals surface area contributed by atoms with E-state index in [2.05, 4.69) is 41.8 Å². The molecule has 3 aromatic rings. The standard InChI is InChI=1S/C16H9Br2ClN2S/c17-13-2-1-3-14(18)12(13)8-20-16-21-15(9-22-16)10-4-6-11(19)7-5-10/h1-9H/b20-8+. The number of thiazole rings is 1. The van der Waals surface area contributed by atoms with Gasteiger partial charge in [-0.2, -0.15) is 0 Å². The van der Waals surface area contributed by atoms with Crippen LogP contribution < -0.4 is 0 Å². The number of nitrogens with zero attached hydrogens (tertiary/aromatic N) is 2. The van der Waals surface area contributed by atoms with Gasteiger partial charge in [0.05, 0.1) is 5.69 Å². The molecule has 0 N–H and O–H groups in total. The van der Waals surface area contributed by atoms with E-state index >= 15 is 0 Å². The van der Waals surface area contributed by atoms with Crippen LogP contribution in [0.15, 0.2) is 61.8 Å². The lowest BCUT2D eigenvalue weighted by molar-refractivity contribution is 1.36. The minimum atomic E-state index is 0.715. The van der Waals surface area contributed by atoms with Crippen molar-refractivity contribution in [3.05, 3.63) is 67.4 Å². The van der Waals surface area contributed by atoms with Gasteiger partial charge in [-0.15, -0.1) is 11.3 Å². The molecule has 0 unspecified atom stereocenters. The maximum absolute atomic E-state index is 5.90. The van der Waals surface area contributed by atoms with Gasteiger partial charge < -0.3 is 0 Å². The van der Waals surface area contributed by atoms with Crippen LogP contribution in [-0.2, 0) is 0 Å². The highest BCUT2D eigenvalue weighted by Gasteiger charge is 2.05. The van der Waals surface area contributed by atoms with Crippen molar-refractivity contribution in [2.24, 2.45) is 4.99 Å². The topological polar surface area (TPSA) is 25.2 Å². The maximum atomic E-state index is 5.90. The first-order chi connectivity index (χ1) is 10.6. The molecule has 0 amide bonds. The summed E-state index contributed by atoms with van der Waals surface area (Å²) in [5, 5.41) is 3.42. The monoisotopic (exact) mass is 454 g/mol. The smallest absolute Gasteiger partial charge is 0.209 e. The zero-order valence-electron chi connectivity index (χ0n) is 11.1. The first kappa shape index (κ1) is 15.9. The van der Waals surface area contributed by atoms with Gasteiger partial charge in [0, 0.05) is 36.7 Å². The fourth-order valence-corrected chi connectivity index (χ4v) is 3.83. The molecular formula is C16H9Br2ClN2S.